The van der Waals surface area contributed by atoms with E-state index in [1.165, 1.54) is 11.1 Å². The lowest BCUT2D eigenvalue weighted by atomic mass is 10.0. The van der Waals surface area contributed by atoms with Crippen molar-refractivity contribution in [3.63, 3.8) is 0 Å². The standard InChI is InChI=1S/C16H25NO2/c1-12(2)15-7-5-14(6-8-15)11-17(4)10-9-13(3)16(18)19/h5-8,12-13H,9-11H2,1-4H3,(H,18,19). The van der Waals surface area contributed by atoms with Gasteiger partial charge in [0.15, 0.2) is 0 Å². The van der Waals surface area contributed by atoms with Gasteiger partial charge in [-0.3, -0.25) is 4.79 Å². The van der Waals surface area contributed by atoms with Gasteiger partial charge < -0.3 is 10.0 Å². The Morgan fingerprint density at radius 2 is 1.79 bits per heavy atom. The number of hydrogen-bond acceptors (Lipinski definition) is 2. The van der Waals surface area contributed by atoms with Gasteiger partial charge in [0.05, 0.1) is 5.92 Å². The van der Waals surface area contributed by atoms with Gasteiger partial charge in [0, 0.05) is 6.54 Å². The van der Waals surface area contributed by atoms with Gasteiger partial charge in [-0.05, 0) is 37.1 Å². The quantitative estimate of drug-likeness (QED) is 0.820. The Hall–Kier alpha value is -1.35. The second kappa shape index (κ2) is 7.29. The summed E-state index contributed by atoms with van der Waals surface area (Å²) in [7, 11) is 2.03. The fraction of sp³-hybridized carbons (Fsp3) is 0.562. The molecule has 0 aliphatic heterocycles. The second-order valence-electron chi connectivity index (χ2n) is 5.66. The van der Waals surface area contributed by atoms with Crippen LogP contribution >= 0.6 is 0 Å². The van der Waals surface area contributed by atoms with Gasteiger partial charge in [-0.15, -0.1) is 0 Å². The zero-order valence-electron chi connectivity index (χ0n) is 12.4. The van der Waals surface area contributed by atoms with E-state index >= 15 is 0 Å². The lowest BCUT2D eigenvalue weighted by molar-refractivity contribution is -0.141. The molecular formula is C16H25NO2. The van der Waals surface area contributed by atoms with Gasteiger partial charge in [-0.2, -0.15) is 0 Å². The number of carboxylic acid groups (broad SMARTS) is 1. The molecule has 0 spiro atoms. The Kier molecular flexibility index (Phi) is 6.03. The summed E-state index contributed by atoms with van der Waals surface area (Å²) in [6.45, 7) is 7.81. The molecule has 0 fully saturated rings. The molecule has 0 aromatic heterocycles. The Balaban J connectivity index is 2.43. The highest BCUT2D eigenvalue weighted by Gasteiger charge is 2.11. The zero-order valence-corrected chi connectivity index (χ0v) is 12.4. The molecule has 1 rings (SSSR count). The summed E-state index contributed by atoms with van der Waals surface area (Å²) in [5.41, 5.74) is 2.63. The lowest BCUT2D eigenvalue weighted by Crippen LogP contribution is -2.23. The molecule has 19 heavy (non-hydrogen) atoms. The highest BCUT2D eigenvalue weighted by molar-refractivity contribution is 5.69. The van der Waals surface area contributed by atoms with Crippen LogP contribution in [0.1, 0.15) is 44.2 Å². The minimum atomic E-state index is -0.713. The first-order valence-corrected chi connectivity index (χ1v) is 6.90. The SMILES string of the molecule is CC(CCN(C)Cc1ccc(C(C)C)cc1)C(=O)O. The fourth-order valence-electron chi connectivity index (χ4n) is 1.94. The molecule has 0 bridgehead atoms. The second-order valence-corrected chi connectivity index (χ2v) is 5.66. The van der Waals surface area contributed by atoms with Crippen molar-refractivity contribution in [1.29, 1.82) is 0 Å². The number of rotatable bonds is 7. The molecule has 0 heterocycles. The van der Waals surface area contributed by atoms with E-state index in [9.17, 15) is 4.79 Å². The van der Waals surface area contributed by atoms with Crippen LogP contribution in [0.4, 0.5) is 0 Å². The van der Waals surface area contributed by atoms with Gasteiger partial charge in [0.25, 0.3) is 0 Å². The van der Waals surface area contributed by atoms with E-state index in [0.717, 1.165) is 13.1 Å². The van der Waals surface area contributed by atoms with Gasteiger partial charge >= 0.3 is 5.97 Å². The molecule has 3 heteroatoms. The number of aliphatic carboxylic acids is 1. The van der Waals surface area contributed by atoms with Crippen molar-refractivity contribution >= 4 is 5.97 Å². The van der Waals surface area contributed by atoms with E-state index in [2.05, 4.69) is 43.0 Å². The van der Waals surface area contributed by atoms with E-state index < -0.39 is 5.97 Å². The number of benzene rings is 1. The van der Waals surface area contributed by atoms with Crippen molar-refractivity contribution in [3.05, 3.63) is 35.4 Å². The maximum atomic E-state index is 10.8. The van der Waals surface area contributed by atoms with E-state index in [1.807, 2.05) is 7.05 Å². The Labute approximate surface area is 116 Å². The van der Waals surface area contributed by atoms with Gasteiger partial charge in [-0.1, -0.05) is 45.0 Å². The van der Waals surface area contributed by atoms with Crippen LogP contribution in [0.5, 0.6) is 0 Å². The van der Waals surface area contributed by atoms with E-state index in [1.54, 1.807) is 6.92 Å². The van der Waals surface area contributed by atoms with E-state index in [-0.39, 0.29) is 5.92 Å². The third-order valence-electron chi connectivity index (χ3n) is 3.46. The maximum absolute atomic E-state index is 10.8. The lowest BCUT2D eigenvalue weighted by Gasteiger charge is -2.18. The number of hydrogen-bond donors (Lipinski definition) is 1. The maximum Gasteiger partial charge on any atom is 0.306 e. The van der Waals surface area contributed by atoms with Crippen LogP contribution < -0.4 is 0 Å². The Bertz CT molecular complexity index is 398. The molecule has 106 valence electrons. The monoisotopic (exact) mass is 263 g/mol. The van der Waals surface area contributed by atoms with Crippen LogP contribution in [0.2, 0.25) is 0 Å². The first kappa shape index (κ1) is 15.7. The van der Waals surface area contributed by atoms with Crippen LogP contribution in [-0.4, -0.2) is 29.6 Å². The van der Waals surface area contributed by atoms with E-state index in [4.69, 9.17) is 5.11 Å². The molecule has 1 atom stereocenters. The van der Waals surface area contributed by atoms with Gasteiger partial charge in [-0.25, -0.2) is 0 Å². The molecule has 1 aromatic rings. The number of nitrogens with zero attached hydrogens (tertiary/aromatic N) is 1. The predicted molar refractivity (Wildman–Crippen MR) is 78.3 cm³/mol. The summed E-state index contributed by atoms with van der Waals surface area (Å²) in [6, 6.07) is 8.67. The summed E-state index contributed by atoms with van der Waals surface area (Å²) < 4.78 is 0. The molecule has 1 unspecified atom stereocenters. The topological polar surface area (TPSA) is 40.5 Å². The van der Waals surface area contributed by atoms with Crippen LogP contribution in [-0.2, 0) is 11.3 Å². The van der Waals surface area contributed by atoms with Crippen LogP contribution in [0.25, 0.3) is 0 Å². The molecule has 1 N–H and O–H groups in total. The van der Waals surface area contributed by atoms with Crippen LogP contribution in [0, 0.1) is 5.92 Å². The minimum absolute atomic E-state index is 0.272. The first-order chi connectivity index (χ1) is 8.90. The summed E-state index contributed by atoms with van der Waals surface area (Å²) in [5.74, 6) is -0.427. The van der Waals surface area contributed by atoms with Gasteiger partial charge in [0.2, 0.25) is 0 Å². The summed E-state index contributed by atoms with van der Waals surface area (Å²) in [4.78, 5) is 12.9. The largest absolute Gasteiger partial charge is 0.481 e. The van der Waals surface area contributed by atoms with Crippen LogP contribution in [0.15, 0.2) is 24.3 Å². The molecule has 0 saturated carbocycles. The molecule has 0 aliphatic carbocycles. The highest BCUT2D eigenvalue weighted by Crippen LogP contribution is 2.15. The first-order valence-electron chi connectivity index (χ1n) is 6.90. The van der Waals surface area contributed by atoms with Crippen molar-refractivity contribution in [3.8, 4) is 0 Å². The van der Waals surface area contributed by atoms with Crippen LogP contribution in [0.3, 0.4) is 0 Å². The van der Waals surface area contributed by atoms with Crippen molar-refractivity contribution in [2.24, 2.45) is 5.92 Å². The van der Waals surface area contributed by atoms with Crippen molar-refractivity contribution < 1.29 is 9.90 Å². The average molecular weight is 263 g/mol. The number of carbonyl (C=O) groups is 1. The summed E-state index contributed by atoms with van der Waals surface area (Å²) in [6.07, 6.45) is 0.690. The highest BCUT2D eigenvalue weighted by atomic mass is 16.4. The molecule has 0 amide bonds. The third kappa shape index (κ3) is 5.43. The van der Waals surface area contributed by atoms with Gasteiger partial charge in [0.1, 0.15) is 0 Å². The van der Waals surface area contributed by atoms with E-state index in [0.29, 0.717) is 12.3 Å². The molecule has 0 aliphatic rings. The molecule has 0 saturated heterocycles. The minimum Gasteiger partial charge on any atom is -0.481 e. The van der Waals surface area contributed by atoms with Crippen molar-refractivity contribution in [1.82, 2.24) is 4.90 Å². The fourth-order valence-corrected chi connectivity index (χ4v) is 1.94. The smallest absolute Gasteiger partial charge is 0.306 e. The molecule has 0 radical (unpaired) electrons. The Morgan fingerprint density at radius 1 is 1.21 bits per heavy atom. The molecular weight excluding hydrogens is 238 g/mol. The number of carboxylic acids is 1. The Morgan fingerprint density at radius 3 is 2.26 bits per heavy atom. The molecule has 3 nitrogen and oxygen atoms in total. The van der Waals surface area contributed by atoms with Crippen molar-refractivity contribution in [2.45, 2.75) is 39.7 Å². The molecule has 1 aromatic carbocycles. The zero-order chi connectivity index (χ0) is 14.4. The van der Waals surface area contributed by atoms with Crippen molar-refractivity contribution in [2.75, 3.05) is 13.6 Å². The third-order valence-corrected chi connectivity index (χ3v) is 3.46. The predicted octanol–water partition coefficient (Wildman–Crippen LogP) is 3.35. The summed E-state index contributed by atoms with van der Waals surface area (Å²) in [5, 5.41) is 8.85. The summed E-state index contributed by atoms with van der Waals surface area (Å²) >= 11 is 0. The normalized spacial score (nSPS) is 12.9. The average Bonchev–Trinajstić information content (AvgIpc) is 2.36.